The Balaban J connectivity index is 2.41. The molecule has 2 heterocycles. The molecule has 0 aromatic carbocycles. The average Bonchev–Trinajstić information content (AvgIpc) is 2.88. The van der Waals surface area contributed by atoms with Crippen LogP contribution in [-0.2, 0) is 23.8 Å². The van der Waals surface area contributed by atoms with Crippen molar-refractivity contribution in [2.75, 3.05) is 13.2 Å². The van der Waals surface area contributed by atoms with E-state index in [1.807, 2.05) is 0 Å². The third-order valence-electron chi connectivity index (χ3n) is 3.73. The van der Waals surface area contributed by atoms with Crippen LogP contribution < -0.4 is 11.2 Å². The van der Waals surface area contributed by atoms with Gasteiger partial charge in [0.05, 0.1) is 0 Å². The fourth-order valence-corrected chi connectivity index (χ4v) is 2.68. The van der Waals surface area contributed by atoms with Crippen molar-refractivity contribution in [3.63, 3.8) is 0 Å². The molecule has 26 heavy (non-hydrogen) atoms. The molecule has 12 heteroatoms. The summed E-state index contributed by atoms with van der Waals surface area (Å²) in [4.78, 5) is 50.7. The van der Waals surface area contributed by atoms with E-state index >= 15 is 0 Å². The maximum Gasteiger partial charge on any atom is 0.330 e. The molecule has 1 fully saturated rings. The lowest BCUT2D eigenvalue weighted by molar-refractivity contribution is -0.154. The first-order chi connectivity index (χ1) is 12.3. The molecule has 1 aliphatic heterocycles. The zero-order valence-electron chi connectivity index (χ0n) is 14.0. The Morgan fingerprint density at radius 3 is 2.69 bits per heavy atom. The molecule has 1 aromatic heterocycles. The number of esters is 2. The van der Waals surface area contributed by atoms with Crippen molar-refractivity contribution in [2.45, 2.75) is 32.3 Å². The van der Waals surface area contributed by atoms with Gasteiger partial charge in [0.25, 0.3) is 5.56 Å². The molecule has 140 valence electrons. The third-order valence-corrected chi connectivity index (χ3v) is 3.73. The second kappa shape index (κ2) is 8.32. The van der Waals surface area contributed by atoms with Crippen LogP contribution in [0.2, 0.25) is 0 Å². The van der Waals surface area contributed by atoms with Gasteiger partial charge < -0.3 is 14.2 Å². The Kier molecular flexibility index (Phi) is 6.15. The molecule has 4 atom stereocenters. The van der Waals surface area contributed by atoms with E-state index in [2.05, 4.69) is 15.0 Å². The largest absolute Gasteiger partial charge is 0.463 e. The zero-order valence-corrected chi connectivity index (χ0v) is 14.0. The molecule has 1 aromatic rings. The lowest BCUT2D eigenvalue weighted by atomic mass is 9.98. The van der Waals surface area contributed by atoms with Gasteiger partial charge in [0.15, 0.2) is 12.3 Å². The highest BCUT2D eigenvalue weighted by Crippen LogP contribution is 2.36. The molecular weight excluding hydrogens is 350 g/mol. The SMILES string of the molecule is CC(=O)OC[C@H]1O[C@@H](n2ccc(=O)[nH]c2=O)[C@H](OC(C)=O)[C@@H]1CN=[N+]=[N-]. The summed E-state index contributed by atoms with van der Waals surface area (Å²) in [5.74, 6) is -1.86. The van der Waals surface area contributed by atoms with Gasteiger partial charge in [-0.1, -0.05) is 5.11 Å². The van der Waals surface area contributed by atoms with Gasteiger partial charge in [-0.3, -0.25) is 23.9 Å². The van der Waals surface area contributed by atoms with Gasteiger partial charge in [-0.25, -0.2) is 4.79 Å². The summed E-state index contributed by atoms with van der Waals surface area (Å²) in [6.07, 6.45) is -1.69. The molecule has 12 nitrogen and oxygen atoms in total. The molecule has 0 bridgehead atoms. The van der Waals surface area contributed by atoms with Gasteiger partial charge in [0.2, 0.25) is 0 Å². The zero-order chi connectivity index (χ0) is 19.3. The predicted molar refractivity (Wildman–Crippen MR) is 84.9 cm³/mol. The number of carbonyl (C=O) groups excluding carboxylic acids is 2. The van der Waals surface area contributed by atoms with Crippen LogP contribution in [0.1, 0.15) is 20.1 Å². The minimum atomic E-state index is -1.09. The number of carbonyl (C=O) groups is 2. The van der Waals surface area contributed by atoms with E-state index in [0.717, 1.165) is 10.6 Å². The lowest BCUT2D eigenvalue weighted by Crippen LogP contribution is -2.38. The van der Waals surface area contributed by atoms with Crippen LogP contribution in [0.25, 0.3) is 10.4 Å². The van der Waals surface area contributed by atoms with Gasteiger partial charge in [-0.2, -0.15) is 0 Å². The number of H-pyrrole nitrogens is 1. The number of ether oxygens (including phenoxy) is 3. The van der Waals surface area contributed by atoms with Crippen molar-refractivity contribution in [2.24, 2.45) is 11.0 Å². The van der Waals surface area contributed by atoms with Crippen LogP contribution in [0.4, 0.5) is 0 Å². The number of hydrogen-bond donors (Lipinski definition) is 1. The molecule has 0 aliphatic carbocycles. The molecule has 0 spiro atoms. The van der Waals surface area contributed by atoms with Gasteiger partial charge in [0.1, 0.15) is 12.7 Å². The second-order valence-corrected chi connectivity index (χ2v) is 5.54. The Labute approximate surface area is 146 Å². The number of aromatic nitrogens is 2. The van der Waals surface area contributed by atoms with Crippen LogP contribution in [0.15, 0.2) is 27.0 Å². The molecule has 1 aliphatic rings. The van der Waals surface area contributed by atoms with Crippen molar-refractivity contribution in [1.82, 2.24) is 9.55 Å². The first kappa shape index (κ1) is 19.2. The number of nitrogens with zero attached hydrogens (tertiary/aromatic N) is 4. The molecule has 1 N–H and O–H groups in total. The normalized spacial score (nSPS) is 24.5. The minimum absolute atomic E-state index is 0.116. The topological polar surface area (TPSA) is 165 Å². The summed E-state index contributed by atoms with van der Waals surface area (Å²) in [5, 5.41) is 3.48. The molecular formula is C14H17N5O7. The Bertz CT molecular complexity index is 841. The van der Waals surface area contributed by atoms with Crippen molar-refractivity contribution in [1.29, 1.82) is 0 Å². The average molecular weight is 367 g/mol. The first-order valence-electron chi connectivity index (χ1n) is 7.62. The number of rotatable bonds is 6. The summed E-state index contributed by atoms with van der Waals surface area (Å²) in [6.45, 7) is 2.09. The van der Waals surface area contributed by atoms with E-state index in [-0.39, 0.29) is 13.2 Å². The quantitative estimate of drug-likeness (QED) is 0.316. The standard InChI is InChI=1S/C14H17N5O7/c1-7(20)24-6-10-9(5-16-18-15)12(25-8(2)21)13(26-10)19-4-3-11(22)17-14(19)23/h3-4,9-10,12-13H,5-6H2,1-2H3,(H,17,22,23)/t9-,10-,12-,13-/m1/s1. The fraction of sp³-hybridized carbons (Fsp3) is 0.571. The maximum absolute atomic E-state index is 12.1. The molecule has 2 rings (SSSR count). The van der Waals surface area contributed by atoms with Crippen LogP contribution in [0.5, 0.6) is 0 Å². The summed E-state index contributed by atoms with van der Waals surface area (Å²) in [7, 11) is 0. The van der Waals surface area contributed by atoms with E-state index in [1.165, 1.54) is 20.0 Å². The molecule has 0 saturated carbocycles. The maximum atomic E-state index is 12.1. The van der Waals surface area contributed by atoms with Gasteiger partial charge in [0, 0.05) is 43.5 Å². The highest BCUT2D eigenvalue weighted by Gasteiger charge is 2.48. The highest BCUT2D eigenvalue weighted by molar-refractivity contribution is 5.66. The van der Waals surface area contributed by atoms with Gasteiger partial charge in [-0.15, -0.1) is 0 Å². The third kappa shape index (κ3) is 4.49. The smallest absolute Gasteiger partial charge is 0.330 e. The number of hydrogen-bond acceptors (Lipinski definition) is 8. The van der Waals surface area contributed by atoms with Crippen LogP contribution in [0, 0.1) is 5.92 Å². The van der Waals surface area contributed by atoms with Crippen LogP contribution >= 0.6 is 0 Å². The summed E-state index contributed by atoms with van der Waals surface area (Å²) in [5.41, 5.74) is 7.22. The lowest BCUT2D eigenvalue weighted by Gasteiger charge is -2.23. The fourth-order valence-electron chi connectivity index (χ4n) is 2.68. The number of aromatic amines is 1. The highest BCUT2D eigenvalue weighted by atomic mass is 16.6. The van der Waals surface area contributed by atoms with Crippen molar-refractivity contribution in [3.8, 4) is 0 Å². The van der Waals surface area contributed by atoms with Crippen molar-refractivity contribution >= 4 is 11.9 Å². The van der Waals surface area contributed by atoms with E-state index in [4.69, 9.17) is 19.7 Å². The Hall–Kier alpha value is -3.11. The summed E-state index contributed by atoms with van der Waals surface area (Å²) >= 11 is 0. The van der Waals surface area contributed by atoms with E-state index in [0.29, 0.717) is 0 Å². The van der Waals surface area contributed by atoms with Crippen LogP contribution in [0.3, 0.4) is 0 Å². The minimum Gasteiger partial charge on any atom is -0.463 e. The van der Waals surface area contributed by atoms with Crippen molar-refractivity contribution in [3.05, 3.63) is 43.5 Å². The van der Waals surface area contributed by atoms with Crippen LogP contribution in [-0.4, -0.2) is 46.8 Å². The second-order valence-electron chi connectivity index (χ2n) is 5.54. The number of azide groups is 1. The van der Waals surface area contributed by atoms with E-state index in [1.54, 1.807) is 0 Å². The molecule has 0 unspecified atom stereocenters. The first-order valence-corrected chi connectivity index (χ1v) is 7.62. The van der Waals surface area contributed by atoms with E-state index in [9.17, 15) is 19.2 Å². The van der Waals surface area contributed by atoms with Gasteiger partial charge >= 0.3 is 17.6 Å². The Morgan fingerprint density at radius 2 is 2.12 bits per heavy atom. The summed E-state index contributed by atoms with van der Waals surface area (Å²) < 4.78 is 17.0. The van der Waals surface area contributed by atoms with Gasteiger partial charge in [-0.05, 0) is 5.53 Å². The molecule has 1 saturated heterocycles. The Morgan fingerprint density at radius 1 is 1.38 bits per heavy atom. The molecule has 0 radical (unpaired) electrons. The summed E-state index contributed by atoms with van der Waals surface area (Å²) in [6, 6.07) is 1.11. The monoisotopic (exact) mass is 367 g/mol. The van der Waals surface area contributed by atoms with Crippen molar-refractivity contribution < 1.29 is 23.8 Å². The number of nitrogens with one attached hydrogen (secondary N) is 1. The van der Waals surface area contributed by atoms with E-state index < -0.39 is 47.5 Å². The predicted octanol–water partition coefficient (Wildman–Crippen LogP) is -0.145. The molecule has 0 amide bonds.